The summed E-state index contributed by atoms with van der Waals surface area (Å²) in [5.41, 5.74) is 0.448. The average Bonchev–Trinajstić information content (AvgIpc) is 2.53. The molecule has 25 heavy (non-hydrogen) atoms. The van der Waals surface area contributed by atoms with Crippen LogP contribution in [0.4, 0.5) is 10.5 Å². The minimum atomic E-state index is -0.452. The molecule has 6 heteroatoms. The Kier molecular flexibility index (Phi) is 6.44. The molecule has 140 valence electrons. The van der Waals surface area contributed by atoms with Crippen molar-refractivity contribution in [3.63, 3.8) is 0 Å². The number of benzene rings is 1. The number of likely N-dealkylation sites (tertiary alicyclic amines) is 1. The second-order valence-electron chi connectivity index (χ2n) is 7.56. The predicted octanol–water partition coefficient (Wildman–Crippen LogP) is 4.80. The predicted molar refractivity (Wildman–Crippen MR) is 102 cm³/mol. The molecule has 0 aliphatic carbocycles. The number of hydrogen-bond acceptors (Lipinski definition) is 4. The molecule has 1 unspecified atom stereocenters. The number of rotatable bonds is 4. The number of carbonyl (C=O) groups is 1. The van der Waals surface area contributed by atoms with Crippen molar-refractivity contribution in [2.45, 2.75) is 52.2 Å². The average molecular weight is 369 g/mol. The minimum Gasteiger partial charge on any atom is -0.493 e. The van der Waals surface area contributed by atoms with Crippen LogP contribution >= 0.6 is 11.6 Å². The van der Waals surface area contributed by atoms with E-state index in [4.69, 9.17) is 21.1 Å². The van der Waals surface area contributed by atoms with Crippen LogP contribution in [0.5, 0.6) is 5.75 Å². The summed E-state index contributed by atoms with van der Waals surface area (Å²) in [7, 11) is 1.62. The van der Waals surface area contributed by atoms with Gasteiger partial charge >= 0.3 is 6.09 Å². The molecule has 0 saturated carbocycles. The maximum Gasteiger partial charge on any atom is 0.410 e. The van der Waals surface area contributed by atoms with Gasteiger partial charge < -0.3 is 19.7 Å². The second-order valence-corrected chi connectivity index (χ2v) is 7.97. The largest absolute Gasteiger partial charge is 0.493 e. The van der Waals surface area contributed by atoms with E-state index >= 15 is 0 Å². The topological polar surface area (TPSA) is 50.8 Å². The highest BCUT2D eigenvalue weighted by Crippen LogP contribution is 2.34. The van der Waals surface area contributed by atoms with E-state index in [1.54, 1.807) is 12.0 Å². The molecular weight excluding hydrogens is 340 g/mol. The van der Waals surface area contributed by atoms with Gasteiger partial charge in [-0.2, -0.15) is 0 Å². The van der Waals surface area contributed by atoms with Crippen molar-refractivity contribution in [1.29, 1.82) is 0 Å². The summed E-state index contributed by atoms with van der Waals surface area (Å²) in [6.45, 7) is 9.27. The van der Waals surface area contributed by atoms with Crippen molar-refractivity contribution in [2.24, 2.45) is 5.92 Å². The summed E-state index contributed by atoms with van der Waals surface area (Å²) >= 11 is 6.18. The maximum absolute atomic E-state index is 12.2. The molecule has 0 spiro atoms. The number of nitrogens with one attached hydrogen (secondary N) is 1. The molecule has 1 saturated heterocycles. The van der Waals surface area contributed by atoms with Gasteiger partial charge in [-0.3, -0.25) is 0 Å². The standard InChI is InChI=1S/C19H29ClN2O3/c1-13(21-16-8-6-7-15(20)17(16)24-5)14-9-11-22(12-10-14)18(23)25-19(2,3)4/h6-8,13-14,21H,9-12H2,1-5H3. The fraction of sp³-hybridized carbons (Fsp3) is 0.632. The Bertz CT molecular complexity index is 593. The number of hydrogen-bond donors (Lipinski definition) is 1. The fourth-order valence-corrected chi connectivity index (χ4v) is 3.35. The van der Waals surface area contributed by atoms with Gasteiger partial charge in [0.1, 0.15) is 5.60 Å². The van der Waals surface area contributed by atoms with E-state index in [0.717, 1.165) is 31.6 Å². The molecular formula is C19H29ClN2O3. The summed E-state index contributed by atoms with van der Waals surface area (Å²) in [5, 5.41) is 4.11. The highest BCUT2D eigenvalue weighted by Gasteiger charge is 2.29. The number of ether oxygens (including phenoxy) is 2. The number of nitrogens with zero attached hydrogens (tertiary/aromatic N) is 1. The molecule has 1 N–H and O–H groups in total. The number of methoxy groups -OCH3 is 1. The van der Waals surface area contributed by atoms with Crippen molar-refractivity contribution < 1.29 is 14.3 Å². The first-order valence-corrected chi connectivity index (χ1v) is 9.16. The molecule has 0 aromatic heterocycles. The molecule has 1 aromatic rings. The Morgan fingerprint density at radius 3 is 2.52 bits per heavy atom. The van der Waals surface area contributed by atoms with E-state index in [9.17, 15) is 4.79 Å². The second kappa shape index (κ2) is 8.17. The van der Waals surface area contributed by atoms with E-state index in [-0.39, 0.29) is 12.1 Å². The maximum atomic E-state index is 12.2. The van der Waals surface area contributed by atoms with Crippen LogP contribution in [0, 0.1) is 5.92 Å². The van der Waals surface area contributed by atoms with Crippen LogP contribution in [0.2, 0.25) is 5.02 Å². The third-order valence-corrected chi connectivity index (χ3v) is 4.75. The van der Waals surface area contributed by atoms with Gasteiger partial charge in [0.25, 0.3) is 0 Å². The third kappa shape index (κ3) is 5.43. The van der Waals surface area contributed by atoms with Gasteiger partial charge in [0, 0.05) is 19.1 Å². The molecule has 1 atom stereocenters. The van der Waals surface area contributed by atoms with E-state index in [0.29, 0.717) is 16.7 Å². The van der Waals surface area contributed by atoms with Crippen LogP contribution in [0.25, 0.3) is 0 Å². The quantitative estimate of drug-likeness (QED) is 0.829. The molecule has 5 nitrogen and oxygen atoms in total. The van der Waals surface area contributed by atoms with Crippen LogP contribution in [-0.4, -0.2) is 42.8 Å². The first-order valence-electron chi connectivity index (χ1n) is 8.78. The van der Waals surface area contributed by atoms with E-state index in [1.807, 2.05) is 39.0 Å². The number of anilines is 1. The molecule has 0 radical (unpaired) electrons. The monoisotopic (exact) mass is 368 g/mol. The van der Waals surface area contributed by atoms with Crippen LogP contribution in [0.1, 0.15) is 40.5 Å². The van der Waals surface area contributed by atoms with Gasteiger partial charge in [-0.25, -0.2) is 4.79 Å². The van der Waals surface area contributed by atoms with E-state index in [1.165, 1.54) is 0 Å². The lowest BCUT2D eigenvalue weighted by molar-refractivity contribution is 0.0179. The lowest BCUT2D eigenvalue weighted by Gasteiger charge is -2.36. The Morgan fingerprint density at radius 2 is 1.96 bits per heavy atom. The Labute approximate surface area is 155 Å². The van der Waals surface area contributed by atoms with Crippen LogP contribution in [0.15, 0.2) is 18.2 Å². The van der Waals surface area contributed by atoms with Crippen LogP contribution < -0.4 is 10.1 Å². The van der Waals surface area contributed by atoms with Crippen molar-refractivity contribution in [3.8, 4) is 5.75 Å². The molecule has 1 aliphatic heterocycles. The van der Waals surface area contributed by atoms with Crippen molar-refractivity contribution in [1.82, 2.24) is 4.90 Å². The lowest BCUT2D eigenvalue weighted by atomic mass is 9.90. The molecule has 2 rings (SSSR count). The van der Waals surface area contributed by atoms with Gasteiger partial charge in [-0.05, 0) is 58.6 Å². The highest BCUT2D eigenvalue weighted by atomic mass is 35.5. The van der Waals surface area contributed by atoms with Gasteiger partial charge in [0.2, 0.25) is 0 Å². The van der Waals surface area contributed by atoms with Gasteiger partial charge in [-0.1, -0.05) is 17.7 Å². The number of carbonyl (C=O) groups excluding carboxylic acids is 1. The summed E-state index contributed by atoms with van der Waals surface area (Å²) in [6.07, 6.45) is 1.66. The summed E-state index contributed by atoms with van der Waals surface area (Å²) in [4.78, 5) is 14.0. The number of amides is 1. The number of piperidine rings is 1. The molecule has 1 heterocycles. The van der Waals surface area contributed by atoms with E-state index < -0.39 is 5.60 Å². The SMILES string of the molecule is COc1c(Cl)cccc1NC(C)C1CCN(C(=O)OC(C)(C)C)CC1. The summed E-state index contributed by atoms with van der Waals surface area (Å²) < 4.78 is 10.8. The van der Waals surface area contributed by atoms with Gasteiger partial charge in [-0.15, -0.1) is 0 Å². The van der Waals surface area contributed by atoms with Crippen LogP contribution in [0.3, 0.4) is 0 Å². The molecule has 1 fully saturated rings. The molecule has 1 aromatic carbocycles. The number of halogens is 1. The molecule has 0 bridgehead atoms. The smallest absolute Gasteiger partial charge is 0.410 e. The first-order chi connectivity index (χ1) is 11.7. The minimum absolute atomic E-state index is 0.219. The zero-order valence-electron chi connectivity index (χ0n) is 15.8. The summed E-state index contributed by atoms with van der Waals surface area (Å²) in [5.74, 6) is 1.14. The van der Waals surface area contributed by atoms with Crippen molar-refractivity contribution in [2.75, 3.05) is 25.5 Å². The Hall–Kier alpha value is -1.62. The molecule has 1 aliphatic rings. The molecule has 1 amide bonds. The fourth-order valence-electron chi connectivity index (χ4n) is 3.10. The normalized spacial score (nSPS) is 17.1. The van der Waals surface area contributed by atoms with E-state index in [2.05, 4.69) is 12.2 Å². The first kappa shape index (κ1) is 19.7. The zero-order chi connectivity index (χ0) is 18.6. The third-order valence-electron chi connectivity index (χ3n) is 4.45. The summed E-state index contributed by atoms with van der Waals surface area (Å²) in [6, 6.07) is 5.95. The Balaban J connectivity index is 1.90. The number of para-hydroxylation sites is 1. The van der Waals surface area contributed by atoms with Crippen LogP contribution in [-0.2, 0) is 4.74 Å². The van der Waals surface area contributed by atoms with Crippen molar-refractivity contribution in [3.05, 3.63) is 23.2 Å². The highest BCUT2D eigenvalue weighted by molar-refractivity contribution is 6.32. The van der Waals surface area contributed by atoms with Crippen molar-refractivity contribution >= 4 is 23.4 Å². The zero-order valence-corrected chi connectivity index (χ0v) is 16.5. The van der Waals surface area contributed by atoms with Gasteiger partial charge in [0.05, 0.1) is 17.8 Å². The Morgan fingerprint density at radius 1 is 1.32 bits per heavy atom. The van der Waals surface area contributed by atoms with Gasteiger partial charge in [0.15, 0.2) is 5.75 Å². The lowest BCUT2D eigenvalue weighted by Crippen LogP contribution is -2.44.